The summed E-state index contributed by atoms with van der Waals surface area (Å²) in [6, 6.07) is 5.41. The highest BCUT2D eigenvalue weighted by atomic mass is 32.2. The van der Waals surface area contributed by atoms with E-state index in [9.17, 15) is 8.42 Å². The number of aryl methyl sites for hydroxylation is 1. The van der Waals surface area contributed by atoms with E-state index in [0.29, 0.717) is 30.4 Å². The molecular formula is C13H20N2O2S. The Labute approximate surface area is 109 Å². The summed E-state index contributed by atoms with van der Waals surface area (Å²) < 4.78 is 26.7. The first-order valence-electron chi connectivity index (χ1n) is 6.25. The van der Waals surface area contributed by atoms with Crippen LogP contribution in [-0.2, 0) is 16.6 Å². The summed E-state index contributed by atoms with van der Waals surface area (Å²) in [6.07, 6.45) is 0.939. The van der Waals surface area contributed by atoms with Crippen molar-refractivity contribution < 1.29 is 8.42 Å². The molecule has 1 unspecified atom stereocenters. The van der Waals surface area contributed by atoms with E-state index in [2.05, 4.69) is 6.92 Å². The van der Waals surface area contributed by atoms with Gasteiger partial charge in [0.1, 0.15) is 0 Å². The molecule has 0 saturated carbocycles. The Morgan fingerprint density at radius 2 is 2.17 bits per heavy atom. The first kappa shape index (κ1) is 13.5. The minimum Gasteiger partial charge on any atom is -0.326 e. The van der Waals surface area contributed by atoms with Gasteiger partial charge >= 0.3 is 0 Å². The molecule has 0 spiro atoms. The smallest absolute Gasteiger partial charge is 0.243 e. The Kier molecular flexibility index (Phi) is 3.75. The second-order valence-corrected chi connectivity index (χ2v) is 6.97. The first-order chi connectivity index (χ1) is 8.45. The molecule has 18 heavy (non-hydrogen) atoms. The third-order valence-electron chi connectivity index (χ3n) is 3.49. The van der Waals surface area contributed by atoms with Gasteiger partial charge in [0.2, 0.25) is 10.0 Å². The molecule has 0 aliphatic carbocycles. The zero-order chi connectivity index (χ0) is 13.3. The van der Waals surface area contributed by atoms with E-state index in [1.807, 2.05) is 19.1 Å². The van der Waals surface area contributed by atoms with E-state index in [4.69, 9.17) is 5.73 Å². The number of nitrogens with two attached hydrogens (primary N) is 1. The molecule has 2 N–H and O–H groups in total. The van der Waals surface area contributed by atoms with Crippen LogP contribution >= 0.6 is 0 Å². The topological polar surface area (TPSA) is 63.4 Å². The van der Waals surface area contributed by atoms with Gasteiger partial charge in [-0.1, -0.05) is 19.1 Å². The minimum absolute atomic E-state index is 0.360. The highest BCUT2D eigenvalue weighted by molar-refractivity contribution is 7.89. The lowest BCUT2D eigenvalue weighted by atomic mass is 10.1. The number of nitrogens with zero attached hydrogens (tertiary/aromatic N) is 1. The molecule has 1 aliphatic rings. The van der Waals surface area contributed by atoms with Crippen molar-refractivity contribution in [3.05, 3.63) is 29.3 Å². The Hall–Kier alpha value is -0.910. The molecule has 0 radical (unpaired) electrons. The molecule has 100 valence electrons. The molecule has 4 nitrogen and oxygen atoms in total. The van der Waals surface area contributed by atoms with Crippen LogP contribution in [0.2, 0.25) is 0 Å². The summed E-state index contributed by atoms with van der Waals surface area (Å²) in [7, 11) is -3.36. The third kappa shape index (κ3) is 2.43. The Morgan fingerprint density at radius 3 is 2.72 bits per heavy atom. The van der Waals surface area contributed by atoms with E-state index in [-0.39, 0.29) is 0 Å². The average Bonchev–Trinajstić information content (AvgIpc) is 2.77. The van der Waals surface area contributed by atoms with Crippen molar-refractivity contribution in [1.29, 1.82) is 0 Å². The monoisotopic (exact) mass is 268 g/mol. The van der Waals surface area contributed by atoms with Gasteiger partial charge in [0.05, 0.1) is 4.90 Å². The molecule has 1 fully saturated rings. The van der Waals surface area contributed by atoms with Crippen LogP contribution in [0.4, 0.5) is 0 Å². The van der Waals surface area contributed by atoms with Crippen molar-refractivity contribution >= 4 is 10.0 Å². The maximum atomic E-state index is 12.6. The lowest BCUT2D eigenvalue weighted by molar-refractivity contribution is 0.464. The van der Waals surface area contributed by atoms with Crippen molar-refractivity contribution in [1.82, 2.24) is 4.31 Å². The van der Waals surface area contributed by atoms with Crippen molar-refractivity contribution in [3.8, 4) is 0 Å². The van der Waals surface area contributed by atoms with E-state index in [1.165, 1.54) is 0 Å². The fourth-order valence-corrected chi connectivity index (χ4v) is 4.15. The van der Waals surface area contributed by atoms with Crippen LogP contribution in [0.5, 0.6) is 0 Å². The molecule has 1 aromatic rings. The van der Waals surface area contributed by atoms with Gasteiger partial charge in [-0.15, -0.1) is 0 Å². The van der Waals surface area contributed by atoms with Crippen LogP contribution in [0.1, 0.15) is 24.5 Å². The van der Waals surface area contributed by atoms with Gasteiger partial charge in [0, 0.05) is 19.6 Å². The van der Waals surface area contributed by atoms with Gasteiger partial charge in [0.25, 0.3) is 0 Å². The number of benzene rings is 1. The van der Waals surface area contributed by atoms with Crippen molar-refractivity contribution in [2.45, 2.75) is 31.7 Å². The number of hydrogen-bond donors (Lipinski definition) is 1. The summed E-state index contributed by atoms with van der Waals surface area (Å²) in [5.74, 6) is 0.442. The SMILES string of the molecule is Cc1ccc(CN)cc1S(=O)(=O)N1CCC(C)C1. The number of rotatable bonds is 3. The zero-order valence-electron chi connectivity index (χ0n) is 10.9. The van der Waals surface area contributed by atoms with Gasteiger partial charge in [-0.2, -0.15) is 4.31 Å². The molecule has 1 aromatic carbocycles. The van der Waals surface area contributed by atoms with Crippen LogP contribution in [-0.4, -0.2) is 25.8 Å². The summed E-state index contributed by atoms with van der Waals surface area (Å²) in [5, 5.41) is 0. The van der Waals surface area contributed by atoms with Gasteiger partial charge in [-0.25, -0.2) is 8.42 Å². The Bertz CT molecular complexity index is 540. The fourth-order valence-electron chi connectivity index (χ4n) is 2.30. The van der Waals surface area contributed by atoms with E-state index in [0.717, 1.165) is 17.5 Å². The van der Waals surface area contributed by atoms with Gasteiger partial charge in [-0.3, -0.25) is 0 Å². The van der Waals surface area contributed by atoms with Crippen LogP contribution in [0, 0.1) is 12.8 Å². The maximum Gasteiger partial charge on any atom is 0.243 e. The lowest BCUT2D eigenvalue weighted by Gasteiger charge is -2.18. The van der Waals surface area contributed by atoms with Gasteiger partial charge in [0.15, 0.2) is 0 Å². The third-order valence-corrected chi connectivity index (χ3v) is 5.50. The highest BCUT2D eigenvalue weighted by Crippen LogP contribution is 2.26. The highest BCUT2D eigenvalue weighted by Gasteiger charge is 2.31. The normalized spacial score (nSPS) is 21.4. The quantitative estimate of drug-likeness (QED) is 0.903. The van der Waals surface area contributed by atoms with E-state index < -0.39 is 10.0 Å². The standard InChI is InChI=1S/C13H20N2O2S/c1-10-5-6-15(9-10)18(16,17)13-7-12(8-14)4-3-11(13)2/h3-4,7,10H,5-6,8-9,14H2,1-2H3. The lowest BCUT2D eigenvalue weighted by Crippen LogP contribution is -2.29. The number of sulfonamides is 1. The molecule has 0 aromatic heterocycles. The summed E-state index contributed by atoms with van der Waals surface area (Å²) >= 11 is 0. The largest absolute Gasteiger partial charge is 0.326 e. The molecule has 1 atom stereocenters. The molecule has 5 heteroatoms. The van der Waals surface area contributed by atoms with Crippen LogP contribution in [0.25, 0.3) is 0 Å². The van der Waals surface area contributed by atoms with Gasteiger partial charge in [-0.05, 0) is 36.5 Å². The maximum absolute atomic E-state index is 12.6. The summed E-state index contributed by atoms with van der Waals surface area (Å²) in [6.45, 7) is 5.51. The molecule has 1 aliphatic heterocycles. The van der Waals surface area contributed by atoms with Crippen LogP contribution < -0.4 is 5.73 Å². The summed E-state index contributed by atoms with van der Waals surface area (Å²) in [5.41, 5.74) is 7.22. The second-order valence-electron chi connectivity index (χ2n) is 5.06. The predicted octanol–water partition coefficient (Wildman–Crippen LogP) is 1.48. The van der Waals surface area contributed by atoms with Crippen LogP contribution in [0.3, 0.4) is 0 Å². The van der Waals surface area contributed by atoms with E-state index >= 15 is 0 Å². The van der Waals surface area contributed by atoms with Gasteiger partial charge < -0.3 is 5.73 Å². The number of hydrogen-bond acceptors (Lipinski definition) is 3. The molecule has 1 heterocycles. The molecule has 0 bridgehead atoms. The Morgan fingerprint density at radius 1 is 1.44 bits per heavy atom. The Balaban J connectivity index is 2.40. The molecule has 2 rings (SSSR count). The second kappa shape index (κ2) is 4.99. The molecule has 1 saturated heterocycles. The average molecular weight is 268 g/mol. The molecular weight excluding hydrogens is 248 g/mol. The fraction of sp³-hybridized carbons (Fsp3) is 0.538. The zero-order valence-corrected chi connectivity index (χ0v) is 11.7. The molecule has 0 amide bonds. The first-order valence-corrected chi connectivity index (χ1v) is 7.69. The minimum atomic E-state index is -3.36. The van der Waals surface area contributed by atoms with Crippen molar-refractivity contribution in [3.63, 3.8) is 0 Å². The summed E-state index contributed by atoms with van der Waals surface area (Å²) in [4.78, 5) is 0.402. The van der Waals surface area contributed by atoms with Crippen molar-refractivity contribution in [2.24, 2.45) is 11.7 Å². The van der Waals surface area contributed by atoms with E-state index in [1.54, 1.807) is 10.4 Å². The van der Waals surface area contributed by atoms with Crippen molar-refractivity contribution in [2.75, 3.05) is 13.1 Å². The van der Waals surface area contributed by atoms with Crippen LogP contribution in [0.15, 0.2) is 23.1 Å². The predicted molar refractivity (Wildman–Crippen MR) is 71.6 cm³/mol.